The van der Waals surface area contributed by atoms with Gasteiger partial charge in [-0.3, -0.25) is 10.2 Å². The van der Waals surface area contributed by atoms with Crippen LogP contribution in [0.3, 0.4) is 0 Å². The number of carbonyl (C=O) groups is 1. The van der Waals surface area contributed by atoms with Crippen molar-refractivity contribution in [2.75, 3.05) is 0 Å². The highest BCUT2D eigenvalue weighted by Crippen LogP contribution is 2.13. The zero-order valence-electron chi connectivity index (χ0n) is 8.40. The van der Waals surface area contributed by atoms with E-state index in [1.165, 1.54) is 11.6 Å². The monoisotopic (exact) mass is 253 g/mol. The predicted octanol–water partition coefficient (Wildman–Crippen LogP) is 2.27. The van der Waals surface area contributed by atoms with E-state index in [-0.39, 0.29) is 10.6 Å². The van der Waals surface area contributed by atoms with Gasteiger partial charge in [0, 0.05) is 11.9 Å². The zero-order valence-corrected chi connectivity index (χ0v) is 9.97. The van der Waals surface area contributed by atoms with Crippen LogP contribution in [0.2, 0.25) is 5.02 Å². The van der Waals surface area contributed by atoms with Gasteiger partial charge in [0.1, 0.15) is 0 Å². The van der Waals surface area contributed by atoms with Crippen LogP contribution < -0.4 is 4.80 Å². The lowest BCUT2D eigenvalue weighted by Gasteiger charge is -1.99. The van der Waals surface area contributed by atoms with Gasteiger partial charge in [0.15, 0.2) is 10.8 Å². The summed E-state index contributed by atoms with van der Waals surface area (Å²) >= 11 is 6.90. The summed E-state index contributed by atoms with van der Waals surface area (Å²) in [5.41, 5.74) is 0.682. The first-order valence-corrected chi connectivity index (χ1v) is 5.69. The number of rotatable bonds is 2. The van der Waals surface area contributed by atoms with Crippen molar-refractivity contribution in [3.05, 3.63) is 39.1 Å². The van der Waals surface area contributed by atoms with Gasteiger partial charge in [0.25, 0.3) is 0 Å². The number of nitrogens with one attached hydrogen (secondary N) is 1. The maximum atomic E-state index is 11.1. The van der Waals surface area contributed by atoms with Crippen LogP contribution in [-0.2, 0) is 0 Å². The molecule has 1 aromatic heterocycles. The number of benzene rings is 1. The molecule has 4 nitrogen and oxygen atoms in total. The van der Waals surface area contributed by atoms with Crippen LogP contribution in [0.1, 0.15) is 16.7 Å². The molecule has 0 spiro atoms. The molecule has 0 saturated carbocycles. The molecule has 1 heterocycles. The molecule has 0 bridgehead atoms. The minimum Gasteiger partial charge on any atom is -0.292 e. The summed E-state index contributed by atoms with van der Waals surface area (Å²) in [4.78, 5) is 11.3. The molecule has 0 aliphatic heterocycles. The normalized spacial score (nSPS) is 10.4. The topological polar surface area (TPSA) is 58.7 Å². The lowest BCUT2D eigenvalue weighted by atomic mass is 10.3. The van der Waals surface area contributed by atoms with Crippen molar-refractivity contribution in [1.82, 2.24) is 9.78 Å². The number of Topliss-reactive ketones (excluding diaryl/α,β-unsaturated/α-hetero) is 1. The van der Waals surface area contributed by atoms with Crippen LogP contribution in [0.15, 0.2) is 24.3 Å². The van der Waals surface area contributed by atoms with Crippen LogP contribution in [0, 0.1) is 5.41 Å². The minimum absolute atomic E-state index is 0.140. The summed E-state index contributed by atoms with van der Waals surface area (Å²) in [6.45, 7) is 1.43. The minimum atomic E-state index is -0.140. The molecule has 0 amide bonds. The molecular weight excluding hydrogens is 246 g/mol. The Labute approximate surface area is 101 Å². The Morgan fingerprint density at radius 3 is 2.88 bits per heavy atom. The molecule has 82 valence electrons. The van der Waals surface area contributed by atoms with Crippen molar-refractivity contribution in [2.45, 2.75) is 6.92 Å². The highest BCUT2D eigenvalue weighted by molar-refractivity contribution is 7.10. The fraction of sp³-hybridized carbons (Fsp3) is 0.100. The Morgan fingerprint density at radius 1 is 1.56 bits per heavy atom. The molecule has 0 aliphatic carbocycles. The Morgan fingerprint density at radius 2 is 2.31 bits per heavy atom. The number of carbonyl (C=O) groups excluding carboxylic acids is 1. The van der Waals surface area contributed by atoms with E-state index in [1.54, 1.807) is 24.3 Å². The second-order valence-corrected chi connectivity index (χ2v) is 4.57. The third kappa shape index (κ3) is 2.05. The Balaban J connectivity index is 2.56. The summed E-state index contributed by atoms with van der Waals surface area (Å²) in [6, 6.07) is 7.00. The Kier molecular flexibility index (Phi) is 2.89. The van der Waals surface area contributed by atoms with E-state index < -0.39 is 0 Å². The van der Waals surface area contributed by atoms with E-state index in [2.05, 4.69) is 5.10 Å². The van der Waals surface area contributed by atoms with Crippen LogP contribution in [-0.4, -0.2) is 15.6 Å². The van der Waals surface area contributed by atoms with E-state index in [9.17, 15) is 4.79 Å². The lowest BCUT2D eigenvalue weighted by molar-refractivity contribution is 0.101. The Bertz CT molecular complexity index is 602. The van der Waals surface area contributed by atoms with Crippen molar-refractivity contribution in [3.63, 3.8) is 0 Å². The van der Waals surface area contributed by atoms with Crippen molar-refractivity contribution in [3.8, 4) is 5.69 Å². The quantitative estimate of drug-likeness (QED) is 0.835. The van der Waals surface area contributed by atoms with Crippen molar-refractivity contribution >= 4 is 28.7 Å². The summed E-state index contributed by atoms with van der Waals surface area (Å²) in [5, 5.41) is 12.7. The van der Waals surface area contributed by atoms with Crippen molar-refractivity contribution < 1.29 is 4.79 Å². The second-order valence-electron chi connectivity index (χ2n) is 3.16. The van der Waals surface area contributed by atoms with Gasteiger partial charge >= 0.3 is 0 Å². The molecule has 0 atom stereocenters. The zero-order chi connectivity index (χ0) is 11.7. The summed E-state index contributed by atoms with van der Waals surface area (Å²) in [5.74, 6) is -0.140. The van der Waals surface area contributed by atoms with E-state index in [0.717, 1.165) is 11.3 Å². The smallest absolute Gasteiger partial charge is 0.205 e. The van der Waals surface area contributed by atoms with Gasteiger partial charge in [-0.05, 0) is 18.2 Å². The van der Waals surface area contributed by atoms with Gasteiger partial charge in [-0.25, -0.2) is 4.68 Å². The first-order valence-electron chi connectivity index (χ1n) is 4.49. The van der Waals surface area contributed by atoms with E-state index in [0.29, 0.717) is 15.7 Å². The van der Waals surface area contributed by atoms with Gasteiger partial charge < -0.3 is 0 Å². The van der Waals surface area contributed by atoms with Crippen LogP contribution in [0.4, 0.5) is 0 Å². The summed E-state index contributed by atoms with van der Waals surface area (Å²) < 4.78 is 1.40. The van der Waals surface area contributed by atoms with Crippen molar-refractivity contribution in [2.24, 2.45) is 0 Å². The SMILES string of the molecule is CC(=O)c1nn(-c2cccc(Cl)c2)c(=N)s1. The summed E-state index contributed by atoms with van der Waals surface area (Å²) in [6.07, 6.45) is 0. The maximum absolute atomic E-state index is 11.1. The molecule has 16 heavy (non-hydrogen) atoms. The number of aromatic nitrogens is 2. The predicted molar refractivity (Wildman–Crippen MR) is 62.3 cm³/mol. The average Bonchev–Trinajstić information content (AvgIpc) is 2.60. The number of hydrogen-bond acceptors (Lipinski definition) is 4. The summed E-state index contributed by atoms with van der Waals surface area (Å²) in [7, 11) is 0. The number of ketones is 1. The van der Waals surface area contributed by atoms with E-state index >= 15 is 0 Å². The molecule has 0 aliphatic rings. The molecule has 6 heteroatoms. The molecule has 1 N–H and O–H groups in total. The van der Waals surface area contributed by atoms with Gasteiger partial charge in [-0.1, -0.05) is 29.0 Å². The first-order chi connectivity index (χ1) is 7.58. The fourth-order valence-electron chi connectivity index (χ4n) is 1.22. The van der Waals surface area contributed by atoms with E-state index in [1.807, 2.05) is 0 Å². The van der Waals surface area contributed by atoms with E-state index in [4.69, 9.17) is 17.0 Å². The largest absolute Gasteiger partial charge is 0.292 e. The van der Waals surface area contributed by atoms with Crippen LogP contribution in [0.25, 0.3) is 5.69 Å². The fourth-order valence-corrected chi connectivity index (χ4v) is 2.08. The molecule has 0 unspecified atom stereocenters. The number of halogens is 1. The third-order valence-corrected chi connectivity index (χ3v) is 3.09. The maximum Gasteiger partial charge on any atom is 0.205 e. The van der Waals surface area contributed by atoms with Gasteiger partial charge in [0.2, 0.25) is 4.80 Å². The highest BCUT2D eigenvalue weighted by Gasteiger charge is 2.09. The average molecular weight is 254 g/mol. The molecule has 0 fully saturated rings. The van der Waals surface area contributed by atoms with Crippen LogP contribution >= 0.6 is 22.9 Å². The number of hydrogen-bond donors (Lipinski definition) is 1. The molecular formula is C10H8ClN3OS. The second kappa shape index (κ2) is 4.19. The van der Waals surface area contributed by atoms with Gasteiger partial charge in [0.05, 0.1) is 5.69 Å². The van der Waals surface area contributed by atoms with Crippen molar-refractivity contribution in [1.29, 1.82) is 5.41 Å². The Hall–Kier alpha value is -1.46. The van der Waals surface area contributed by atoms with Gasteiger partial charge in [-0.15, -0.1) is 0 Å². The van der Waals surface area contributed by atoms with Crippen LogP contribution in [0.5, 0.6) is 0 Å². The molecule has 0 saturated heterocycles. The standard InChI is InChI=1S/C10H8ClN3OS/c1-6(15)9-13-14(10(12)16-9)8-4-2-3-7(11)5-8/h2-5,12H,1H3. The molecule has 1 aromatic carbocycles. The lowest BCUT2D eigenvalue weighted by Crippen LogP contribution is -2.12. The molecule has 2 rings (SSSR count). The molecule has 0 radical (unpaired) electrons. The highest BCUT2D eigenvalue weighted by atomic mass is 35.5. The molecule has 2 aromatic rings. The van der Waals surface area contributed by atoms with Gasteiger partial charge in [-0.2, -0.15) is 5.10 Å². The third-order valence-electron chi connectivity index (χ3n) is 1.93. The first kappa shape index (κ1) is 11.0. The number of nitrogens with zero attached hydrogens (tertiary/aromatic N) is 2.